The number of aromatic nitrogens is 1. The van der Waals surface area contributed by atoms with Crippen LogP contribution in [0.3, 0.4) is 0 Å². The van der Waals surface area contributed by atoms with Gasteiger partial charge in [0.15, 0.2) is 5.13 Å². The van der Waals surface area contributed by atoms with E-state index in [1.165, 1.54) is 12.0 Å². The van der Waals surface area contributed by atoms with E-state index in [2.05, 4.69) is 11.9 Å². The number of esters is 1. The molecule has 1 N–H and O–H groups in total. The van der Waals surface area contributed by atoms with Gasteiger partial charge in [-0.1, -0.05) is 67.1 Å². The van der Waals surface area contributed by atoms with Crippen molar-refractivity contribution in [3.63, 3.8) is 0 Å². The van der Waals surface area contributed by atoms with Gasteiger partial charge in [0.1, 0.15) is 16.4 Å². The van der Waals surface area contributed by atoms with Gasteiger partial charge in [-0.3, -0.25) is 14.5 Å². The van der Waals surface area contributed by atoms with Crippen LogP contribution in [0.25, 0.3) is 5.76 Å². The Kier molecular flexibility index (Phi) is 7.49. The predicted molar refractivity (Wildman–Crippen MR) is 136 cm³/mol. The van der Waals surface area contributed by atoms with E-state index in [0.717, 1.165) is 24.2 Å². The zero-order valence-electron chi connectivity index (χ0n) is 20.2. The lowest BCUT2D eigenvalue weighted by molar-refractivity contribution is -0.132. The van der Waals surface area contributed by atoms with Crippen LogP contribution in [0.5, 0.6) is 5.75 Å². The maximum atomic E-state index is 13.3. The third-order valence-electron chi connectivity index (χ3n) is 5.80. The van der Waals surface area contributed by atoms with Gasteiger partial charge in [0.25, 0.3) is 5.78 Å². The molecule has 1 saturated heterocycles. The Morgan fingerprint density at radius 1 is 1.14 bits per heavy atom. The fourth-order valence-corrected chi connectivity index (χ4v) is 4.98. The molecule has 1 fully saturated rings. The number of nitrogens with zero attached hydrogens (tertiary/aromatic N) is 2. The van der Waals surface area contributed by atoms with Gasteiger partial charge in [-0.15, -0.1) is 0 Å². The smallest absolute Gasteiger partial charge is 0.350 e. The molecule has 2 aromatic carbocycles. The number of anilines is 1. The highest BCUT2D eigenvalue weighted by atomic mass is 32.1. The average Bonchev–Trinajstić information content (AvgIpc) is 3.40. The van der Waals surface area contributed by atoms with E-state index in [4.69, 9.17) is 9.47 Å². The van der Waals surface area contributed by atoms with Crippen LogP contribution in [0, 0.1) is 6.92 Å². The fraction of sp³-hybridized carbons (Fsp3) is 0.259. The number of thiazole rings is 1. The molecular formula is C27H26N2O6S. The van der Waals surface area contributed by atoms with Crippen LogP contribution >= 0.6 is 11.3 Å². The number of benzene rings is 2. The van der Waals surface area contributed by atoms with Crippen LogP contribution in [0.4, 0.5) is 5.13 Å². The number of aliphatic hydroxyl groups is 1. The lowest BCUT2D eigenvalue weighted by Crippen LogP contribution is -2.29. The van der Waals surface area contributed by atoms with Gasteiger partial charge in [-0.2, -0.15) is 0 Å². The van der Waals surface area contributed by atoms with Crippen molar-refractivity contribution in [1.29, 1.82) is 0 Å². The Balaban J connectivity index is 1.84. The molecule has 1 atom stereocenters. The molecule has 36 heavy (non-hydrogen) atoms. The van der Waals surface area contributed by atoms with Gasteiger partial charge in [0.05, 0.1) is 31.0 Å². The second-order valence-corrected chi connectivity index (χ2v) is 9.19. The quantitative estimate of drug-likeness (QED) is 0.150. The van der Waals surface area contributed by atoms with Crippen molar-refractivity contribution in [1.82, 2.24) is 4.98 Å². The van der Waals surface area contributed by atoms with Crippen LogP contribution in [0.1, 0.15) is 52.3 Å². The van der Waals surface area contributed by atoms with Crippen LogP contribution in [0.2, 0.25) is 0 Å². The molecule has 9 heteroatoms. The summed E-state index contributed by atoms with van der Waals surface area (Å²) in [5, 5.41) is 11.5. The van der Waals surface area contributed by atoms with E-state index in [1.807, 2.05) is 6.07 Å². The number of carbonyl (C=O) groups excluding carboxylic acids is 3. The highest BCUT2D eigenvalue weighted by molar-refractivity contribution is 7.17. The number of hydrogen-bond acceptors (Lipinski definition) is 8. The van der Waals surface area contributed by atoms with Crippen molar-refractivity contribution < 1.29 is 29.0 Å². The topological polar surface area (TPSA) is 106 Å². The summed E-state index contributed by atoms with van der Waals surface area (Å²) in [6, 6.07) is 14.8. The van der Waals surface area contributed by atoms with Crippen LogP contribution in [-0.2, 0) is 14.3 Å². The predicted octanol–water partition coefficient (Wildman–Crippen LogP) is 5.04. The Bertz CT molecular complexity index is 1330. The number of Topliss-reactive ketones (excluding diaryl/α,β-unsaturated/α-hetero) is 1. The molecule has 0 saturated carbocycles. The van der Waals surface area contributed by atoms with Crippen LogP contribution in [-0.4, -0.2) is 41.5 Å². The number of carbonyl (C=O) groups is 3. The van der Waals surface area contributed by atoms with Crippen molar-refractivity contribution in [2.24, 2.45) is 0 Å². The second kappa shape index (κ2) is 10.7. The first kappa shape index (κ1) is 25.1. The minimum absolute atomic E-state index is 0.0654. The van der Waals surface area contributed by atoms with Gasteiger partial charge < -0.3 is 14.6 Å². The monoisotopic (exact) mass is 506 g/mol. The van der Waals surface area contributed by atoms with Crippen LogP contribution in [0.15, 0.2) is 60.2 Å². The molecular weight excluding hydrogens is 480 g/mol. The van der Waals surface area contributed by atoms with Gasteiger partial charge >= 0.3 is 11.9 Å². The lowest BCUT2D eigenvalue weighted by Gasteiger charge is -2.23. The summed E-state index contributed by atoms with van der Waals surface area (Å²) in [7, 11) is 1.26. The van der Waals surface area contributed by atoms with Gasteiger partial charge in [-0.05, 0) is 31.0 Å². The molecule has 1 aromatic heterocycles. The average molecular weight is 507 g/mol. The first-order valence-electron chi connectivity index (χ1n) is 11.5. The van der Waals surface area contributed by atoms with E-state index >= 15 is 0 Å². The number of amides is 1. The molecule has 1 unspecified atom stereocenters. The molecule has 1 aliphatic heterocycles. The number of methoxy groups -OCH3 is 1. The molecule has 1 aliphatic rings. The maximum absolute atomic E-state index is 13.3. The summed E-state index contributed by atoms with van der Waals surface area (Å²) < 4.78 is 10.6. The zero-order chi connectivity index (χ0) is 25.8. The first-order valence-corrected chi connectivity index (χ1v) is 12.3. The molecule has 0 bridgehead atoms. The number of ketones is 1. The van der Waals surface area contributed by atoms with Crippen molar-refractivity contribution >= 4 is 39.9 Å². The SMILES string of the molecule is CCCCOc1cccc(/C(O)=C2\C(=O)C(=O)N(c3nc(C)c(C(=O)OC)s3)C2c2ccccc2)c1. The number of aryl methyl sites for hydroxylation is 1. The van der Waals surface area contributed by atoms with Crippen molar-refractivity contribution in [3.8, 4) is 5.75 Å². The van der Waals surface area contributed by atoms with Crippen LogP contribution < -0.4 is 9.64 Å². The second-order valence-electron chi connectivity index (χ2n) is 8.21. The summed E-state index contributed by atoms with van der Waals surface area (Å²) in [6.45, 7) is 4.22. The highest BCUT2D eigenvalue weighted by Crippen LogP contribution is 2.44. The summed E-state index contributed by atoms with van der Waals surface area (Å²) in [4.78, 5) is 44.6. The van der Waals surface area contributed by atoms with Gasteiger partial charge in [0, 0.05) is 5.56 Å². The number of ether oxygens (including phenoxy) is 2. The largest absolute Gasteiger partial charge is 0.507 e. The molecule has 186 valence electrons. The molecule has 0 aliphatic carbocycles. The van der Waals surface area contributed by atoms with E-state index < -0.39 is 23.7 Å². The Labute approximate surface area is 212 Å². The van der Waals surface area contributed by atoms with E-state index in [9.17, 15) is 19.5 Å². The molecule has 0 spiro atoms. The third-order valence-corrected chi connectivity index (χ3v) is 6.93. The normalized spacial score (nSPS) is 16.9. The Morgan fingerprint density at radius 2 is 1.89 bits per heavy atom. The van der Waals surface area contributed by atoms with Crippen molar-refractivity contribution in [2.45, 2.75) is 32.7 Å². The number of hydrogen-bond donors (Lipinski definition) is 1. The van der Waals surface area contributed by atoms with E-state index in [-0.39, 0.29) is 21.3 Å². The Morgan fingerprint density at radius 3 is 2.58 bits per heavy atom. The fourth-order valence-electron chi connectivity index (χ4n) is 3.97. The maximum Gasteiger partial charge on any atom is 0.350 e. The minimum atomic E-state index is -0.938. The summed E-state index contributed by atoms with van der Waals surface area (Å²) in [6.07, 6.45) is 1.87. The first-order chi connectivity index (χ1) is 17.4. The minimum Gasteiger partial charge on any atom is -0.507 e. The number of aliphatic hydroxyl groups excluding tert-OH is 1. The molecule has 2 heterocycles. The van der Waals surface area contributed by atoms with Gasteiger partial charge in [0.2, 0.25) is 0 Å². The van der Waals surface area contributed by atoms with Crippen molar-refractivity contribution in [2.75, 3.05) is 18.6 Å². The third kappa shape index (κ3) is 4.74. The molecule has 4 rings (SSSR count). The number of unbranched alkanes of at least 4 members (excludes halogenated alkanes) is 1. The number of rotatable bonds is 8. The Hall–Kier alpha value is -3.98. The molecule has 3 aromatic rings. The lowest BCUT2D eigenvalue weighted by atomic mass is 9.95. The molecule has 0 radical (unpaired) electrons. The summed E-state index contributed by atoms with van der Waals surface area (Å²) in [5.74, 6) is -2.02. The molecule has 1 amide bonds. The highest BCUT2D eigenvalue weighted by Gasteiger charge is 2.48. The summed E-state index contributed by atoms with van der Waals surface area (Å²) in [5.41, 5.74) is 1.28. The zero-order valence-corrected chi connectivity index (χ0v) is 21.0. The van der Waals surface area contributed by atoms with E-state index in [0.29, 0.717) is 29.2 Å². The van der Waals surface area contributed by atoms with E-state index in [1.54, 1.807) is 55.5 Å². The standard InChI is InChI=1S/C27H26N2O6S/c1-4-5-14-35-19-13-9-12-18(15-19)22(30)20-21(17-10-7-6-8-11-17)29(25(32)23(20)31)27-28-16(2)24(36-27)26(33)34-3/h6-13,15,21,30H,4-5,14H2,1-3H3/b22-20+. The molecule has 8 nitrogen and oxygen atoms in total. The summed E-state index contributed by atoms with van der Waals surface area (Å²) >= 11 is 0.960. The van der Waals surface area contributed by atoms with Gasteiger partial charge in [-0.25, -0.2) is 9.78 Å². The van der Waals surface area contributed by atoms with Crippen molar-refractivity contribution in [3.05, 3.63) is 81.9 Å².